The molecule has 0 aliphatic heterocycles. The molecule has 0 radical (unpaired) electrons. The van der Waals surface area contributed by atoms with E-state index in [9.17, 15) is 19.2 Å². The Kier molecular flexibility index (Phi) is 7.13. The Bertz CT molecular complexity index is 1240. The summed E-state index contributed by atoms with van der Waals surface area (Å²) in [4.78, 5) is 60.5. The van der Waals surface area contributed by atoms with E-state index in [0.29, 0.717) is 11.3 Å². The highest BCUT2D eigenvalue weighted by Crippen LogP contribution is 2.12. The summed E-state index contributed by atoms with van der Waals surface area (Å²) >= 11 is 0. The van der Waals surface area contributed by atoms with Crippen molar-refractivity contribution < 1.29 is 24.6 Å². The number of rotatable bonds is 10. The second-order valence-corrected chi connectivity index (χ2v) is 7.10. The van der Waals surface area contributed by atoms with Gasteiger partial charge in [-0.15, -0.1) is 0 Å². The van der Waals surface area contributed by atoms with Crippen LogP contribution in [0, 0.1) is 0 Å². The normalized spacial score (nSPS) is 11.6. The van der Waals surface area contributed by atoms with Crippen molar-refractivity contribution in [1.29, 1.82) is 0 Å². The third kappa shape index (κ3) is 6.46. The zero-order chi connectivity index (χ0) is 24.0. The van der Waals surface area contributed by atoms with Crippen molar-refractivity contribution in [2.75, 3.05) is 11.1 Å². The van der Waals surface area contributed by atoms with Gasteiger partial charge in [-0.1, -0.05) is 12.1 Å². The van der Waals surface area contributed by atoms with Crippen molar-refractivity contribution in [3.8, 4) is 0 Å². The number of aliphatic carboxylic acids is 2. The highest BCUT2D eigenvalue weighted by atomic mass is 16.4. The molecule has 2 aromatic heterocycles. The van der Waals surface area contributed by atoms with Gasteiger partial charge in [0, 0.05) is 12.1 Å². The second-order valence-electron chi connectivity index (χ2n) is 7.10. The Labute approximate surface area is 186 Å². The van der Waals surface area contributed by atoms with Gasteiger partial charge >= 0.3 is 11.9 Å². The molecule has 0 spiro atoms. The quantitative estimate of drug-likeness (QED) is 0.237. The highest BCUT2D eigenvalue weighted by molar-refractivity contribution is 5.85. The fourth-order valence-corrected chi connectivity index (χ4v) is 2.95. The topological polar surface area (TPSA) is 213 Å². The number of nitrogens with zero attached hydrogens (tertiary/aromatic N) is 3. The highest BCUT2D eigenvalue weighted by Gasteiger charge is 2.21. The number of carbonyl (C=O) groups excluding carboxylic acids is 1. The Morgan fingerprint density at radius 1 is 1.12 bits per heavy atom. The monoisotopic (exact) mass is 455 g/mol. The molecule has 172 valence electrons. The average molecular weight is 455 g/mol. The van der Waals surface area contributed by atoms with Crippen LogP contribution in [0.3, 0.4) is 0 Å². The predicted octanol–water partition coefficient (Wildman–Crippen LogP) is -0.116. The molecule has 33 heavy (non-hydrogen) atoms. The predicted molar refractivity (Wildman–Crippen MR) is 116 cm³/mol. The lowest BCUT2D eigenvalue weighted by Gasteiger charge is -2.13. The molecule has 3 rings (SSSR count). The summed E-state index contributed by atoms with van der Waals surface area (Å²) < 4.78 is 0. The van der Waals surface area contributed by atoms with Crippen LogP contribution in [0.5, 0.6) is 0 Å². The van der Waals surface area contributed by atoms with Crippen LogP contribution in [-0.4, -0.2) is 54.0 Å². The summed E-state index contributed by atoms with van der Waals surface area (Å²) in [5.74, 6) is -3.00. The van der Waals surface area contributed by atoms with Gasteiger partial charge in [-0.3, -0.25) is 19.4 Å². The minimum atomic E-state index is -1.29. The van der Waals surface area contributed by atoms with E-state index in [2.05, 4.69) is 30.6 Å². The molecular weight excluding hydrogens is 434 g/mol. The molecule has 1 amide bonds. The zero-order valence-electron chi connectivity index (χ0n) is 17.2. The van der Waals surface area contributed by atoms with E-state index >= 15 is 0 Å². The largest absolute Gasteiger partial charge is 0.481 e. The first-order valence-electron chi connectivity index (χ1n) is 9.79. The van der Waals surface area contributed by atoms with Gasteiger partial charge < -0.3 is 26.6 Å². The number of nitrogens with two attached hydrogens (primary N) is 1. The standard InChI is InChI=1S/C20H21N7O6/c21-20-26-17-16(18(31)27-20)24-12(9-23-17)8-22-11-3-1-10(2-4-11)7-14(28)25-13(19(32)33)5-6-15(29)30/h1-4,9,13,22H,5-8H2,(H,25,28)(H,29,30)(H,32,33)(H3,21,23,26,27,31)/t13-/m1/s1. The Hall–Kier alpha value is -4.55. The number of H-pyrrole nitrogens is 1. The molecule has 0 aliphatic carbocycles. The molecule has 0 saturated heterocycles. The SMILES string of the molecule is Nc1nc2ncc(CNc3ccc(CC(=O)N[C@H](CCC(=O)O)C(=O)O)cc3)nc2c(=O)[nH]1. The van der Waals surface area contributed by atoms with Crippen molar-refractivity contribution in [3.63, 3.8) is 0 Å². The van der Waals surface area contributed by atoms with Crippen molar-refractivity contribution in [2.24, 2.45) is 0 Å². The molecule has 1 atom stereocenters. The van der Waals surface area contributed by atoms with Crippen LogP contribution in [0.15, 0.2) is 35.3 Å². The number of hydrogen-bond acceptors (Lipinski definition) is 9. The number of fused-ring (bicyclic) bond motifs is 1. The molecule has 0 bridgehead atoms. The van der Waals surface area contributed by atoms with E-state index in [-0.39, 0.29) is 42.9 Å². The number of nitrogens with one attached hydrogen (secondary N) is 3. The van der Waals surface area contributed by atoms with E-state index in [1.54, 1.807) is 24.3 Å². The number of amides is 1. The number of carboxylic acids is 2. The van der Waals surface area contributed by atoms with Crippen molar-refractivity contribution >= 4 is 40.6 Å². The molecule has 0 unspecified atom stereocenters. The van der Waals surface area contributed by atoms with Crippen molar-refractivity contribution in [3.05, 3.63) is 52.1 Å². The van der Waals surface area contributed by atoms with Gasteiger partial charge in [-0.05, 0) is 24.1 Å². The molecule has 13 nitrogen and oxygen atoms in total. The molecule has 13 heteroatoms. The maximum absolute atomic E-state index is 12.1. The number of aromatic amines is 1. The Morgan fingerprint density at radius 2 is 1.85 bits per heavy atom. The Morgan fingerprint density at radius 3 is 2.52 bits per heavy atom. The molecule has 7 N–H and O–H groups in total. The summed E-state index contributed by atoms with van der Waals surface area (Å²) in [6, 6.07) is 5.57. The van der Waals surface area contributed by atoms with Gasteiger partial charge in [0.25, 0.3) is 5.56 Å². The first kappa shape index (κ1) is 23.1. The second kappa shape index (κ2) is 10.2. The van der Waals surface area contributed by atoms with Crippen LogP contribution in [0.4, 0.5) is 11.6 Å². The fourth-order valence-electron chi connectivity index (χ4n) is 2.95. The van der Waals surface area contributed by atoms with Crippen LogP contribution >= 0.6 is 0 Å². The summed E-state index contributed by atoms with van der Waals surface area (Å²) in [7, 11) is 0. The lowest BCUT2D eigenvalue weighted by atomic mass is 10.1. The molecule has 0 aliphatic rings. The molecule has 1 aromatic carbocycles. The van der Waals surface area contributed by atoms with E-state index in [0.717, 1.165) is 5.69 Å². The minimum Gasteiger partial charge on any atom is -0.481 e. The smallest absolute Gasteiger partial charge is 0.326 e. The van der Waals surface area contributed by atoms with Crippen molar-refractivity contribution in [2.45, 2.75) is 31.8 Å². The summed E-state index contributed by atoms with van der Waals surface area (Å²) in [6.45, 7) is 0.274. The van der Waals surface area contributed by atoms with Gasteiger partial charge in [0.15, 0.2) is 11.2 Å². The number of carbonyl (C=O) groups is 3. The van der Waals surface area contributed by atoms with Gasteiger partial charge in [-0.2, -0.15) is 4.98 Å². The average Bonchev–Trinajstić information content (AvgIpc) is 2.76. The third-order valence-electron chi connectivity index (χ3n) is 4.56. The molecule has 0 fully saturated rings. The van der Waals surface area contributed by atoms with Gasteiger partial charge in [0.1, 0.15) is 6.04 Å². The first-order chi connectivity index (χ1) is 15.7. The number of nitrogen functional groups attached to an aromatic ring is 1. The van der Waals surface area contributed by atoms with Crippen LogP contribution in [0.1, 0.15) is 24.1 Å². The number of aromatic nitrogens is 4. The van der Waals surface area contributed by atoms with Crippen LogP contribution in [-0.2, 0) is 27.3 Å². The van der Waals surface area contributed by atoms with Crippen molar-refractivity contribution in [1.82, 2.24) is 25.3 Å². The van der Waals surface area contributed by atoms with E-state index in [1.165, 1.54) is 6.20 Å². The lowest BCUT2D eigenvalue weighted by Crippen LogP contribution is -2.41. The maximum atomic E-state index is 12.1. The van der Waals surface area contributed by atoms with E-state index < -0.39 is 29.4 Å². The lowest BCUT2D eigenvalue weighted by molar-refractivity contribution is -0.143. The Balaban J connectivity index is 1.56. The molecular formula is C20H21N7O6. The van der Waals surface area contributed by atoms with Gasteiger partial charge in [-0.25, -0.2) is 14.8 Å². The summed E-state index contributed by atoms with van der Waals surface area (Å²) in [5.41, 5.74) is 7.08. The number of hydrogen-bond donors (Lipinski definition) is 6. The summed E-state index contributed by atoms with van der Waals surface area (Å²) in [6.07, 6.45) is 0.847. The van der Waals surface area contributed by atoms with Gasteiger partial charge in [0.2, 0.25) is 11.9 Å². The summed E-state index contributed by atoms with van der Waals surface area (Å²) in [5, 5.41) is 23.3. The zero-order valence-corrected chi connectivity index (χ0v) is 17.2. The first-order valence-corrected chi connectivity index (χ1v) is 9.79. The number of benzene rings is 1. The third-order valence-corrected chi connectivity index (χ3v) is 4.56. The van der Waals surface area contributed by atoms with E-state index in [1.807, 2.05) is 0 Å². The van der Waals surface area contributed by atoms with Crippen LogP contribution in [0.2, 0.25) is 0 Å². The van der Waals surface area contributed by atoms with Crippen LogP contribution < -0.4 is 21.9 Å². The van der Waals surface area contributed by atoms with Gasteiger partial charge in [0.05, 0.1) is 24.9 Å². The van der Waals surface area contributed by atoms with Crippen LogP contribution in [0.25, 0.3) is 11.2 Å². The molecule has 0 saturated carbocycles. The van der Waals surface area contributed by atoms with E-state index in [4.69, 9.17) is 15.9 Å². The number of carboxylic acid groups (broad SMARTS) is 2. The molecule has 2 heterocycles. The molecule has 3 aromatic rings. The number of anilines is 2. The minimum absolute atomic E-state index is 0.0415. The maximum Gasteiger partial charge on any atom is 0.326 e. The fraction of sp³-hybridized carbons (Fsp3) is 0.250.